The number of aromatic nitrogens is 1. The van der Waals surface area contributed by atoms with Gasteiger partial charge in [0.1, 0.15) is 0 Å². The summed E-state index contributed by atoms with van der Waals surface area (Å²) in [6, 6.07) is 17.4. The SMILES string of the molecule is CCOC(=O)C(Cc1cc2cc(C)ccc2n1-c1ccc(C#N)cc1)C(=O)OCC. The molecule has 0 saturated heterocycles. The second-order valence-electron chi connectivity index (χ2n) is 6.95. The Morgan fingerprint density at radius 2 is 1.63 bits per heavy atom. The third kappa shape index (κ3) is 4.36. The summed E-state index contributed by atoms with van der Waals surface area (Å²) in [5, 5.41) is 10.1. The molecule has 0 radical (unpaired) electrons. The molecule has 0 saturated carbocycles. The number of esters is 2. The topological polar surface area (TPSA) is 81.3 Å². The average molecular weight is 404 g/mol. The first-order chi connectivity index (χ1) is 14.5. The summed E-state index contributed by atoms with van der Waals surface area (Å²) in [6.45, 7) is 5.80. The van der Waals surface area contributed by atoms with Crippen LogP contribution in [0.4, 0.5) is 0 Å². The third-order valence-corrected chi connectivity index (χ3v) is 4.84. The van der Waals surface area contributed by atoms with Crippen molar-refractivity contribution in [2.75, 3.05) is 13.2 Å². The van der Waals surface area contributed by atoms with Crippen LogP contribution in [0.2, 0.25) is 0 Å². The number of carbonyl (C=O) groups is 2. The molecule has 0 fully saturated rings. The lowest BCUT2D eigenvalue weighted by Gasteiger charge is -2.17. The van der Waals surface area contributed by atoms with Crippen LogP contribution in [0.25, 0.3) is 16.6 Å². The molecular formula is C24H24N2O4. The summed E-state index contributed by atoms with van der Waals surface area (Å²) in [5.41, 5.74) is 4.24. The van der Waals surface area contributed by atoms with E-state index in [1.54, 1.807) is 26.0 Å². The van der Waals surface area contributed by atoms with Gasteiger partial charge in [-0.3, -0.25) is 9.59 Å². The van der Waals surface area contributed by atoms with Crippen molar-refractivity contribution in [1.29, 1.82) is 5.26 Å². The molecule has 1 heterocycles. The second kappa shape index (κ2) is 9.27. The van der Waals surface area contributed by atoms with Crippen molar-refractivity contribution in [2.24, 2.45) is 5.92 Å². The fourth-order valence-electron chi connectivity index (χ4n) is 3.49. The molecular weight excluding hydrogens is 380 g/mol. The smallest absolute Gasteiger partial charge is 0.320 e. The Hall–Kier alpha value is -3.59. The van der Waals surface area contributed by atoms with Gasteiger partial charge in [0.05, 0.1) is 30.4 Å². The number of nitriles is 1. The van der Waals surface area contributed by atoms with Crippen molar-refractivity contribution in [3.8, 4) is 11.8 Å². The minimum atomic E-state index is -1.05. The second-order valence-corrected chi connectivity index (χ2v) is 6.95. The Morgan fingerprint density at radius 1 is 1.00 bits per heavy atom. The van der Waals surface area contributed by atoms with E-state index >= 15 is 0 Å². The average Bonchev–Trinajstić information content (AvgIpc) is 3.09. The number of fused-ring (bicyclic) bond motifs is 1. The number of aryl methyl sites for hydroxylation is 1. The number of hydrogen-bond acceptors (Lipinski definition) is 5. The molecule has 0 N–H and O–H groups in total. The van der Waals surface area contributed by atoms with Gasteiger partial charge in [0.15, 0.2) is 5.92 Å². The molecule has 0 bridgehead atoms. The quantitative estimate of drug-likeness (QED) is 0.437. The Bertz CT molecular complexity index is 1090. The lowest BCUT2D eigenvalue weighted by Crippen LogP contribution is -2.30. The van der Waals surface area contributed by atoms with Crippen molar-refractivity contribution >= 4 is 22.8 Å². The number of benzene rings is 2. The van der Waals surface area contributed by atoms with E-state index in [0.29, 0.717) is 5.56 Å². The molecule has 2 aromatic carbocycles. The zero-order chi connectivity index (χ0) is 21.7. The number of ether oxygens (including phenoxy) is 2. The Balaban J connectivity index is 2.12. The van der Waals surface area contributed by atoms with E-state index in [0.717, 1.165) is 27.8 Å². The van der Waals surface area contributed by atoms with Crippen LogP contribution in [0.15, 0.2) is 48.5 Å². The highest BCUT2D eigenvalue weighted by Gasteiger charge is 2.31. The molecule has 0 aliphatic carbocycles. The van der Waals surface area contributed by atoms with Crippen LogP contribution < -0.4 is 0 Å². The predicted octanol–water partition coefficient (Wildman–Crippen LogP) is 4.10. The summed E-state index contributed by atoms with van der Waals surface area (Å²) in [5.74, 6) is -2.24. The van der Waals surface area contributed by atoms with Gasteiger partial charge in [0, 0.05) is 23.2 Å². The van der Waals surface area contributed by atoms with Gasteiger partial charge in [-0.1, -0.05) is 11.6 Å². The summed E-state index contributed by atoms with van der Waals surface area (Å²) in [4.78, 5) is 25.0. The molecule has 0 amide bonds. The molecule has 6 heteroatoms. The predicted molar refractivity (Wildman–Crippen MR) is 113 cm³/mol. The van der Waals surface area contributed by atoms with E-state index in [9.17, 15) is 9.59 Å². The molecule has 0 unspecified atom stereocenters. The molecule has 3 rings (SSSR count). The van der Waals surface area contributed by atoms with Gasteiger partial charge in [-0.15, -0.1) is 0 Å². The van der Waals surface area contributed by atoms with Crippen LogP contribution in [0.5, 0.6) is 0 Å². The van der Waals surface area contributed by atoms with Crippen LogP contribution >= 0.6 is 0 Å². The lowest BCUT2D eigenvalue weighted by molar-refractivity contribution is -0.161. The first kappa shape index (κ1) is 21.1. The van der Waals surface area contributed by atoms with Gasteiger partial charge in [-0.2, -0.15) is 5.26 Å². The maximum absolute atomic E-state index is 12.5. The summed E-state index contributed by atoms with van der Waals surface area (Å²) in [7, 11) is 0. The van der Waals surface area contributed by atoms with E-state index in [2.05, 4.69) is 12.1 Å². The minimum Gasteiger partial charge on any atom is -0.465 e. The van der Waals surface area contributed by atoms with Crippen molar-refractivity contribution in [3.05, 3.63) is 65.4 Å². The minimum absolute atomic E-state index is 0.144. The maximum Gasteiger partial charge on any atom is 0.320 e. The molecule has 30 heavy (non-hydrogen) atoms. The molecule has 1 aromatic heterocycles. The maximum atomic E-state index is 12.5. The van der Waals surface area contributed by atoms with Gasteiger partial charge in [-0.25, -0.2) is 0 Å². The Morgan fingerprint density at radius 3 is 2.20 bits per heavy atom. The van der Waals surface area contributed by atoms with Crippen molar-refractivity contribution in [1.82, 2.24) is 4.57 Å². The molecule has 0 atom stereocenters. The number of carbonyl (C=O) groups excluding carboxylic acids is 2. The van der Waals surface area contributed by atoms with Crippen molar-refractivity contribution < 1.29 is 19.1 Å². The van der Waals surface area contributed by atoms with Crippen LogP contribution in [0.3, 0.4) is 0 Å². The highest BCUT2D eigenvalue weighted by molar-refractivity contribution is 5.95. The van der Waals surface area contributed by atoms with Gasteiger partial charge >= 0.3 is 11.9 Å². The van der Waals surface area contributed by atoms with Gasteiger partial charge in [-0.05, 0) is 63.2 Å². The molecule has 0 aliphatic heterocycles. The first-order valence-corrected chi connectivity index (χ1v) is 9.93. The van der Waals surface area contributed by atoms with E-state index in [-0.39, 0.29) is 19.6 Å². The standard InChI is InChI=1S/C24H24N2O4/c1-4-29-23(27)21(24(28)30-5-2)14-20-13-18-12-16(3)6-11-22(18)26(20)19-9-7-17(15-25)8-10-19/h6-13,21H,4-5,14H2,1-3H3. The highest BCUT2D eigenvalue weighted by atomic mass is 16.6. The van der Waals surface area contributed by atoms with Crippen LogP contribution in [-0.2, 0) is 25.5 Å². The molecule has 154 valence electrons. The van der Waals surface area contributed by atoms with Crippen molar-refractivity contribution in [3.63, 3.8) is 0 Å². The Kier molecular flexibility index (Phi) is 6.53. The Labute approximate surface area is 175 Å². The number of rotatable bonds is 7. The third-order valence-electron chi connectivity index (χ3n) is 4.84. The largest absolute Gasteiger partial charge is 0.465 e. The molecule has 0 spiro atoms. The summed E-state index contributed by atoms with van der Waals surface area (Å²) < 4.78 is 12.3. The van der Waals surface area contributed by atoms with Gasteiger partial charge < -0.3 is 14.0 Å². The number of nitrogens with zero attached hydrogens (tertiary/aromatic N) is 2. The van der Waals surface area contributed by atoms with E-state index < -0.39 is 17.9 Å². The first-order valence-electron chi connectivity index (χ1n) is 9.93. The zero-order valence-corrected chi connectivity index (χ0v) is 17.3. The van der Waals surface area contributed by atoms with Crippen LogP contribution in [0.1, 0.15) is 30.7 Å². The van der Waals surface area contributed by atoms with Crippen LogP contribution in [0, 0.1) is 24.2 Å². The fourth-order valence-corrected chi connectivity index (χ4v) is 3.49. The summed E-state index contributed by atoms with van der Waals surface area (Å²) in [6.07, 6.45) is 0.144. The lowest BCUT2D eigenvalue weighted by atomic mass is 10.0. The highest BCUT2D eigenvalue weighted by Crippen LogP contribution is 2.28. The van der Waals surface area contributed by atoms with Gasteiger partial charge in [0.2, 0.25) is 0 Å². The van der Waals surface area contributed by atoms with E-state index in [1.165, 1.54) is 0 Å². The van der Waals surface area contributed by atoms with Crippen LogP contribution in [-0.4, -0.2) is 29.7 Å². The molecule has 6 nitrogen and oxygen atoms in total. The zero-order valence-electron chi connectivity index (χ0n) is 17.3. The monoisotopic (exact) mass is 404 g/mol. The fraction of sp³-hybridized carbons (Fsp3) is 0.292. The summed E-state index contributed by atoms with van der Waals surface area (Å²) >= 11 is 0. The normalized spacial score (nSPS) is 10.8. The van der Waals surface area contributed by atoms with Gasteiger partial charge in [0.25, 0.3) is 0 Å². The van der Waals surface area contributed by atoms with Crippen molar-refractivity contribution in [2.45, 2.75) is 27.2 Å². The van der Waals surface area contributed by atoms with E-state index in [1.807, 2.05) is 41.8 Å². The van der Waals surface area contributed by atoms with E-state index in [4.69, 9.17) is 14.7 Å². The number of hydrogen-bond donors (Lipinski definition) is 0. The molecule has 3 aromatic rings. The molecule has 0 aliphatic rings.